The van der Waals surface area contributed by atoms with Crippen molar-refractivity contribution < 1.29 is 4.79 Å². The summed E-state index contributed by atoms with van der Waals surface area (Å²) in [5.41, 5.74) is 0.784. The molecule has 1 fully saturated rings. The van der Waals surface area contributed by atoms with Crippen LogP contribution in [0.5, 0.6) is 0 Å². The van der Waals surface area contributed by atoms with Gasteiger partial charge in [0.15, 0.2) is 10.3 Å². The van der Waals surface area contributed by atoms with Gasteiger partial charge < -0.3 is 5.32 Å². The van der Waals surface area contributed by atoms with Gasteiger partial charge in [-0.15, -0.1) is 11.3 Å². The summed E-state index contributed by atoms with van der Waals surface area (Å²) in [4.78, 5) is 30.7. The molecule has 1 aromatic carbocycles. The Morgan fingerprint density at radius 2 is 2.00 bits per heavy atom. The molecule has 10 heteroatoms. The molecule has 0 spiro atoms. The Bertz CT molecular complexity index is 974. The lowest BCUT2D eigenvalue weighted by Gasteiger charge is -2.06. The van der Waals surface area contributed by atoms with Crippen LogP contribution < -0.4 is 10.6 Å². The van der Waals surface area contributed by atoms with E-state index in [0.29, 0.717) is 16.2 Å². The van der Waals surface area contributed by atoms with Crippen LogP contribution in [0, 0.1) is 12.8 Å². The number of carbonyl (C=O) groups excluding carboxylic acids is 1. The number of amides is 1. The van der Waals surface area contributed by atoms with Crippen molar-refractivity contribution in [1.29, 1.82) is 0 Å². The standard InChI is InChI=1S/C17H15ClN6OS2/c1-9-8-19-16(26-9)23-15-21-14(18)22-17(24-15)27-12-6-4-11(5-7-12)20-13(25)10-2-3-10/h4-8,10H,2-3H2,1H3,(H,20,25)(H,19,21,22,23,24). The molecule has 138 valence electrons. The van der Waals surface area contributed by atoms with Crippen LogP contribution in [0.1, 0.15) is 17.7 Å². The second-order valence-corrected chi connectivity index (χ2v) is 8.62. The summed E-state index contributed by atoms with van der Waals surface area (Å²) in [6, 6.07) is 7.54. The Morgan fingerprint density at radius 1 is 1.22 bits per heavy atom. The van der Waals surface area contributed by atoms with Crippen molar-refractivity contribution in [3.05, 3.63) is 40.6 Å². The number of rotatable bonds is 6. The van der Waals surface area contributed by atoms with Gasteiger partial charge in [-0.05, 0) is 67.4 Å². The number of aryl methyl sites for hydroxylation is 1. The molecule has 1 saturated carbocycles. The van der Waals surface area contributed by atoms with Gasteiger partial charge in [0, 0.05) is 27.6 Å². The predicted molar refractivity (Wildman–Crippen MR) is 107 cm³/mol. The van der Waals surface area contributed by atoms with Gasteiger partial charge in [-0.3, -0.25) is 10.1 Å². The third-order valence-electron chi connectivity index (χ3n) is 3.71. The monoisotopic (exact) mass is 418 g/mol. The zero-order chi connectivity index (χ0) is 18.8. The fourth-order valence-electron chi connectivity index (χ4n) is 2.24. The highest BCUT2D eigenvalue weighted by Gasteiger charge is 2.29. The molecule has 0 aliphatic heterocycles. The summed E-state index contributed by atoms with van der Waals surface area (Å²) in [6.07, 6.45) is 3.74. The van der Waals surface area contributed by atoms with Gasteiger partial charge in [0.1, 0.15) is 0 Å². The number of anilines is 3. The second kappa shape index (κ2) is 7.79. The third-order valence-corrected chi connectivity index (χ3v) is 5.58. The van der Waals surface area contributed by atoms with E-state index in [1.807, 2.05) is 31.2 Å². The summed E-state index contributed by atoms with van der Waals surface area (Å²) in [5, 5.41) is 7.23. The van der Waals surface area contributed by atoms with E-state index in [-0.39, 0.29) is 17.1 Å². The topological polar surface area (TPSA) is 92.7 Å². The van der Waals surface area contributed by atoms with Gasteiger partial charge in [0.25, 0.3) is 0 Å². The minimum Gasteiger partial charge on any atom is -0.326 e. The molecular weight excluding hydrogens is 404 g/mol. The number of thiazole rings is 1. The SMILES string of the molecule is Cc1cnc(Nc2nc(Cl)nc(Sc3ccc(NC(=O)C4CC4)cc3)n2)s1. The number of nitrogens with zero attached hydrogens (tertiary/aromatic N) is 4. The van der Waals surface area contributed by atoms with Crippen LogP contribution in [-0.4, -0.2) is 25.8 Å². The smallest absolute Gasteiger partial charge is 0.234 e. The fraction of sp³-hybridized carbons (Fsp3) is 0.235. The number of aromatic nitrogens is 4. The molecular formula is C17H15ClN6OS2. The predicted octanol–water partition coefficient (Wildman–Crippen LogP) is 4.53. The van der Waals surface area contributed by atoms with Gasteiger partial charge in [-0.2, -0.15) is 15.0 Å². The van der Waals surface area contributed by atoms with Gasteiger partial charge in [-0.1, -0.05) is 0 Å². The lowest BCUT2D eigenvalue weighted by molar-refractivity contribution is -0.117. The first-order valence-electron chi connectivity index (χ1n) is 8.25. The largest absolute Gasteiger partial charge is 0.326 e. The van der Waals surface area contributed by atoms with Crippen LogP contribution in [0.25, 0.3) is 0 Å². The Kier molecular flexibility index (Phi) is 5.24. The second-order valence-electron chi connectivity index (χ2n) is 6.00. The Balaban J connectivity index is 1.44. The van der Waals surface area contributed by atoms with E-state index in [2.05, 4.69) is 30.6 Å². The van der Waals surface area contributed by atoms with Crippen molar-refractivity contribution in [3.8, 4) is 0 Å². The average molecular weight is 419 g/mol. The van der Waals surface area contributed by atoms with Crippen molar-refractivity contribution in [3.63, 3.8) is 0 Å². The Hall–Kier alpha value is -2.23. The summed E-state index contributed by atoms with van der Waals surface area (Å²) in [5.74, 6) is 0.618. The summed E-state index contributed by atoms with van der Waals surface area (Å²) < 4.78 is 0. The van der Waals surface area contributed by atoms with Crippen LogP contribution in [0.2, 0.25) is 5.28 Å². The molecule has 3 aromatic rings. The maximum Gasteiger partial charge on any atom is 0.234 e. The molecule has 1 aliphatic carbocycles. The molecule has 0 bridgehead atoms. The molecule has 2 heterocycles. The number of hydrogen-bond donors (Lipinski definition) is 2. The number of nitrogens with one attached hydrogen (secondary N) is 2. The van der Waals surface area contributed by atoms with Crippen molar-refractivity contribution in [1.82, 2.24) is 19.9 Å². The summed E-state index contributed by atoms with van der Waals surface area (Å²) in [6.45, 7) is 1.97. The highest BCUT2D eigenvalue weighted by molar-refractivity contribution is 7.99. The first kappa shape index (κ1) is 18.1. The first-order chi connectivity index (χ1) is 13.0. The quantitative estimate of drug-likeness (QED) is 0.607. The number of carbonyl (C=O) groups is 1. The number of halogens is 1. The highest BCUT2D eigenvalue weighted by Crippen LogP contribution is 2.31. The summed E-state index contributed by atoms with van der Waals surface area (Å²) in [7, 11) is 0. The molecule has 0 atom stereocenters. The van der Waals surface area contributed by atoms with E-state index in [1.54, 1.807) is 6.20 Å². The minimum absolute atomic E-state index is 0.0905. The average Bonchev–Trinajstić information content (AvgIpc) is 3.40. The van der Waals surface area contributed by atoms with Crippen LogP contribution in [-0.2, 0) is 4.79 Å². The Morgan fingerprint density at radius 3 is 2.67 bits per heavy atom. The number of benzene rings is 1. The zero-order valence-corrected chi connectivity index (χ0v) is 16.7. The molecule has 2 N–H and O–H groups in total. The molecule has 0 radical (unpaired) electrons. The summed E-state index contributed by atoms with van der Waals surface area (Å²) >= 11 is 8.89. The van der Waals surface area contributed by atoms with Crippen molar-refractivity contribution in [2.24, 2.45) is 5.92 Å². The number of hydrogen-bond acceptors (Lipinski definition) is 8. The maximum atomic E-state index is 11.8. The molecule has 4 rings (SSSR count). The molecule has 0 unspecified atom stereocenters. The zero-order valence-electron chi connectivity index (χ0n) is 14.3. The molecule has 0 saturated heterocycles. The van der Waals surface area contributed by atoms with Crippen LogP contribution >= 0.6 is 34.7 Å². The van der Waals surface area contributed by atoms with E-state index in [4.69, 9.17) is 11.6 Å². The third kappa shape index (κ3) is 4.94. The first-order valence-corrected chi connectivity index (χ1v) is 10.3. The van der Waals surface area contributed by atoms with E-state index in [0.717, 1.165) is 28.3 Å². The van der Waals surface area contributed by atoms with E-state index in [1.165, 1.54) is 23.1 Å². The van der Waals surface area contributed by atoms with E-state index in [9.17, 15) is 4.79 Å². The molecule has 1 aliphatic rings. The molecule has 2 aromatic heterocycles. The van der Waals surface area contributed by atoms with Gasteiger partial charge in [0.05, 0.1) is 0 Å². The normalized spacial score (nSPS) is 13.4. The molecule has 27 heavy (non-hydrogen) atoms. The lowest BCUT2D eigenvalue weighted by Crippen LogP contribution is -2.12. The van der Waals surface area contributed by atoms with Crippen LogP contribution in [0.3, 0.4) is 0 Å². The maximum absolute atomic E-state index is 11.8. The van der Waals surface area contributed by atoms with E-state index >= 15 is 0 Å². The van der Waals surface area contributed by atoms with Crippen molar-refractivity contribution >= 4 is 57.4 Å². The van der Waals surface area contributed by atoms with Crippen LogP contribution in [0.4, 0.5) is 16.8 Å². The molecule has 1 amide bonds. The van der Waals surface area contributed by atoms with Gasteiger partial charge in [-0.25, -0.2) is 4.98 Å². The van der Waals surface area contributed by atoms with Gasteiger partial charge in [0.2, 0.25) is 17.1 Å². The molecule has 7 nitrogen and oxygen atoms in total. The Labute approximate surface area is 169 Å². The van der Waals surface area contributed by atoms with Crippen LogP contribution in [0.15, 0.2) is 40.5 Å². The van der Waals surface area contributed by atoms with Crippen molar-refractivity contribution in [2.75, 3.05) is 10.6 Å². The minimum atomic E-state index is 0.0905. The lowest BCUT2D eigenvalue weighted by atomic mass is 10.3. The fourth-order valence-corrected chi connectivity index (χ4v) is 3.86. The highest BCUT2D eigenvalue weighted by atomic mass is 35.5. The van der Waals surface area contributed by atoms with Crippen molar-refractivity contribution in [2.45, 2.75) is 29.8 Å². The van der Waals surface area contributed by atoms with E-state index < -0.39 is 0 Å². The van der Waals surface area contributed by atoms with Gasteiger partial charge >= 0.3 is 0 Å².